The Bertz CT molecular complexity index is 1620. The lowest BCUT2D eigenvalue weighted by Crippen LogP contribution is -2.40. The maximum atomic E-state index is 13.8. The Morgan fingerprint density at radius 3 is 2.38 bits per heavy atom. The third-order valence-electron chi connectivity index (χ3n) is 7.93. The second-order valence-electron chi connectivity index (χ2n) is 10.9. The molecular formula is C35H34BrN3O2S. The number of carbonyl (C=O) groups excluding carboxylic acids is 1. The van der Waals surface area contributed by atoms with Gasteiger partial charge in [0.15, 0.2) is 5.17 Å². The third-order valence-corrected chi connectivity index (χ3v) is 9.44. The zero-order valence-electron chi connectivity index (χ0n) is 23.9. The molecule has 7 heteroatoms. The fraction of sp³-hybridized carbons (Fsp3) is 0.257. The van der Waals surface area contributed by atoms with Gasteiger partial charge in [-0.25, -0.2) is 4.99 Å². The standard InChI is InChI=1S/C35H34BrN3O2S/c1-24-21-27(25(2)38(24)31-17-19-32(20-18-31)41-23-26-13-15-28(36)16-14-26)22-33-34(40)39(30-11-7-4-8-12-30)35(42-33)37-29-9-5-3-6-10-29/h3,5-6,9-10,13-22,30H,4,7-8,11-12,23H2,1-2H3/b33-22-,37-35?. The van der Waals surface area contributed by atoms with Crippen molar-refractivity contribution in [3.63, 3.8) is 0 Å². The molecule has 214 valence electrons. The van der Waals surface area contributed by atoms with Gasteiger partial charge < -0.3 is 9.30 Å². The van der Waals surface area contributed by atoms with E-state index < -0.39 is 0 Å². The second-order valence-corrected chi connectivity index (χ2v) is 12.8. The Morgan fingerprint density at radius 2 is 1.67 bits per heavy atom. The molecule has 2 heterocycles. The van der Waals surface area contributed by atoms with E-state index in [0.29, 0.717) is 6.61 Å². The number of aromatic nitrogens is 1. The van der Waals surface area contributed by atoms with Gasteiger partial charge >= 0.3 is 0 Å². The zero-order valence-corrected chi connectivity index (χ0v) is 26.3. The molecular weight excluding hydrogens is 606 g/mol. The number of rotatable bonds is 7. The monoisotopic (exact) mass is 639 g/mol. The Morgan fingerprint density at radius 1 is 0.952 bits per heavy atom. The Labute approximate surface area is 260 Å². The van der Waals surface area contributed by atoms with Crippen LogP contribution in [0.15, 0.2) is 99.3 Å². The summed E-state index contributed by atoms with van der Waals surface area (Å²) in [6.45, 7) is 4.73. The summed E-state index contributed by atoms with van der Waals surface area (Å²) < 4.78 is 9.30. The molecule has 1 amide bonds. The van der Waals surface area contributed by atoms with E-state index in [0.717, 1.165) is 79.9 Å². The molecule has 0 atom stereocenters. The highest BCUT2D eigenvalue weighted by atomic mass is 79.9. The molecule has 1 aromatic heterocycles. The number of amides is 1. The number of ether oxygens (including phenoxy) is 1. The molecule has 1 aliphatic heterocycles. The van der Waals surface area contributed by atoms with Crippen molar-refractivity contribution >= 4 is 50.5 Å². The van der Waals surface area contributed by atoms with Crippen LogP contribution in [0.5, 0.6) is 5.75 Å². The van der Waals surface area contributed by atoms with E-state index >= 15 is 0 Å². The van der Waals surface area contributed by atoms with Crippen molar-refractivity contribution in [2.24, 2.45) is 4.99 Å². The van der Waals surface area contributed by atoms with Crippen LogP contribution in [0.4, 0.5) is 5.69 Å². The van der Waals surface area contributed by atoms with Gasteiger partial charge in [0.25, 0.3) is 5.91 Å². The minimum atomic E-state index is 0.0682. The van der Waals surface area contributed by atoms with Crippen molar-refractivity contribution in [3.05, 3.63) is 117 Å². The Kier molecular flexibility index (Phi) is 8.68. The van der Waals surface area contributed by atoms with Crippen LogP contribution in [0.25, 0.3) is 11.8 Å². The van der Waals surface area contributed by atoms with Crippen LogP contribution in [0.3, 0.4) is 0 Å². The molecule has 2 aliphatic rings. The zero-order chi connectivity index (χ0) is 29.1. The highest BCUT2D eigenvalue weighted by Crippen LogP contribution is 2.39. The molecule has 42 heavy (non-hydrogen) atoms. The second kappa shape index (κ2) is 12.8. The summed E-state index contributed by atoms with van der Waals surface area (Å²) in [7, 11) is 0. The molecule has 1 saturated carbocycles. The SMILES string of the molecule is Cc1cc(/C=C2\SC(=Nc3ccccc3)N(C3CCCCC3)C2=O)c(C)n1-c1ccc(OCc2ccc(Br)cc2)cc1. The number of benzene rings is 3. The predicted octanol–water partition coefficient (Wildman–Crippen LogP) is 9.37. The van der Waals surface area contributed by atoms with Crippen molar-refractivity contribution in [1.82, 2.24) is 9.47 Å². The number of carbonyl (C=O) groups is 1. The summed E-state index contributed by atoms with van der Waals surface area (Å²) in [4.78, 5) is 21.5. The summed E-state index contributed by atoms with van der Waals surface area (Å²) >= 11 is 4.97. The van der Waals surface area contributed by atoms with Crippen LogP contribution in [0, 0.1) is 13.8 Å². The largest absolute Gasteiger partial charge is 0.489 e. The van der Waals surface area contributed by atoms with E-state index in [1.54, 1.807) is 0 Å². The number of aliphatic imine (C=N–C) groups is 1. The smallest absolute Gasteiger partial charge is 0.267 e. The topological polar surface area (TPSA) is 46.8 Å². The number of hydrogen-bond acceptors (Lipinski definition) is 4. The van der Waals surface area contributed by atoms with E-state index in [1.807, 2.05) is 65.6 Å². The Hall–Kier alpha value is -3.55. The number of halogens is 1. The van der Waals surface area contributed by atoms with Crippen LogP contribution in [-0.4, -0.2) is 26.6 Å². The van der Waals surface area contributed by atoms with Crippen LogP contribution >= 0.6 is 27.7 Å². The molecule has 6 rings (SSSR count). The van der Waals surface area contributed by atoms with Gasteiger partial charge in [-0.05, 0) is 110 Å². The average Bonchev–Trinajstić information content (AvgIpc) is 3.47. The molecule has 0 unspecified atom stereocenters. The molecule has 1 aliphatic carbocycles. The first-order valence-corrected chi connectivity index (χ1v) is 16.1. The van der Waals surface area contributed by atoms with Crippen LogP contribution < -0.4 is 4.74 Å². The number of amidine groups is 1. The normalized spacial score (nSPS) is 17.9. The first-order chi connectivity index (χ1) is 20.5. The van der Waals surface area contributed by atoms with E-state index in [4.69, 9.17) is 9.73 Å². The highest BCUT2D eigenvalue weighted by Gasteiger charge is 2.38. The molecule has 4 aromatic rings. The van der Waals surface area contributed by atoms with E-state index in [1.165, 1.54) is 18.2 Å². The third kappa shape index (κ3) is 6.27. The van der Waals surface area contributed by atoms with Gasteiger partial charge in [0.2, 0.25) is 0 Å². The number of para-hydroxylation sites is 1. The van der Waals surface area contributed by atoms with E-state index in [-0.39, 0.29) is 11.9 Å². The van der Waals surface area contributed by atoms with Gasteiger partial charge in [-0.2, -0.15) is 0 Å². The van der Waals surface area contributed by atoms with E-state index in [9.17, 15) is 4.79 Å². The van der Waals surface area contributed by atoms with Gasteiger partial charge in [-0.15, -0.1) is 0 Å². The van der Waals surface area contributed by atoms with Crippen molar-refractivity contribution in [3.8, 4) is 11.4 Å². The molecule has 5 nitrogen and oxygen atoms in total. The first-order valence-electron chi connectivity index (χ1n) is 14.5. The highest BCUT2D eigenvalue weighted by molar-refractivity contribution is 9.10. The summed E-state index contributed by atoms with van der Waals surface area (Å²) in [5.41, 5.74) is 6.30. The molecule has 1 saturated heterocycles. The lowest BCUT2D eigenvalue weighted by atomic mass is 9.94. The van der Waals surface area contributed by atoms with Crippen molar-refractivity contribution in [2.45, 2.75) is 58.6 Å². The summed E-state index contributed by atoms with van der Waals surface area (Å²) in [5, 5.41) is 0.789. The number of nitrogens with zero attached hydrogens (tertiary/aromatic N) is 3. The fourth-order valence-electron chi connectivity index (χ4n) is 5.75. The van der Waals surface area contributed by atoms with Crippen molar-refractivity contribution in [2.75, 3.05) is 0 Å². The van der Waals surface area contributed by atoms with Gasteiger partial charge in [0.05, 0.1) is 10.6 Å². The molecule has 0 bridgehead atoms. The molecule has 2 fully saturated rings. The maximum Gasteiger partial charge on any atom is 0.267 e. The minimum Gasteiger partial charge on any atom is -0.489 e. The first kappa shape index (κ1) is 28.6. The molecule has 0 spiro atoms. The van der Waals surface area contributed by atoms with Crippen LogP contribution in [0.2, 0.25) is 0 Å². The van der Waals surface area contributed by atoms with Gasteiger partial charge in [-0.1, -0.05) is 65.5 Å². The average molecular weight is 641 g/mol. The molecule has 3 aromatic carbocycles. The van der Waals surface area contributed by atoms with Gasteiger partial charge in [-0.3, -0.25) is 9.69 Å². The minimum absolute atomic E-state index is 0.0682. The fourth-order valence-corrected chi connectivity index (χ4v) is 7.06. The Balaban J connectivity index is 1.24. The quantitative estimate of drug-likeness (QED) is 0.189. The maximum absolute atomic E-state index is 13.8. The number of hydrogen-bond donors (Lipinski definition) is 0. The lowest BCUT2D eigenvalue weighted by molar-refractivity contribution is -0.124. The summed E-state index contributed by atoms with van der Waals surface area (Å²) in [6.07, 6.45) is 7.67. The summed E-state index contributed by atoms with van der Waals surface area (Å²) in [5.74, 6) is 0.895. The van der Waals surface area contributed by atoms with E-state index in [2.05, 4.69) is 64.7 Å². The van der Waals surface area contributed by atoms with Gasteiger partial charge in [0, 0.05) is 27.6 Å². The predicted molar refractivity (Wildman–Crippen MR) is 177 cm³/mol. The number of aryl methyl sites for hydroxylation is 1. The number of thioether (sulfide) groups is 1. The van der Waals surface area contributed by atoms with Crippen molar-refractivity contribution < 1.29 is 9.53 Å². The van der Waals surface area contributed by atoms with Crippen molar-refractivity contribution in [1.29, 1.82) is 0 Å². The summed E-state index contributed by atoms with van der Waals surface area (Å²) in [6, 6.07) is 28.6. The molecule has 0 radical (unpaired) electrons. The lowest BCUT2D eigenvalue weighted by Gasteiger charge is -2.30. The van der Waals surface area contributed by atoms with Gasteiger partial charge in [0.1, 0.15) is 12.4 Å². The molecule has 0 N–H and O–H groups in total. The van der Waals surface area contributed by atoms with Crippen LogP contribution in [-0.2, 0) is 11.4 Å². The van der Waals surface area contributed by atoms with Crippen LogP contribution in [0.1, 0.15) is 54.6 Å².